The normalized spacial score (nSPS) is 12.6. The molecule has 0 bridgehead atoms. The third-order valence-electron chi connectivity index (χ3n) is 2.79. The molecule has 90 valence electrons. The molecule has 1 aromatic carbocycles. The number of hydrogen-bond acceptors (Lipinski definition) is 3. The maximum absolute atomic E-state index is 4.46. The first-order valence-electron chi connectivity index (χ1n) is 5.99. The smallest absolute Gasteiger partial charge is 0.181 e. The van der Waals surface area contributed by atoms with Crippen LogP contribution in [0.1, 0.15) is 26.1 Å². The standard InChI is InChI=1S/C13H18N4/c1-3-10(2)14-9-12-15-13(17-16-12)11-7-5-4-6-8-11/h4-8,10,14H,3,9H2,1-2H3,(H,15,16,17). The highest BCUT2D eigenvalue weighted by Crippen LogP contribution is 2.13. The Labute approximate surface area is 101 Å². The number of nitrogens with one attached hydrogen (secondary N) is 2. The van der Waals surface area contributed by atoms with E-state index in [0.29, 0.717) is 6.04 Å². The number of rotatable bonds is 5. The summed E-state index contributed by atoms with van der Waals surface area (Å²) in [6.45, 7) is 5.05. The Morgan fingerprint density at radius 3 is 2.76 bits per heavy atom. The van der Waals surface area contributed by atoms with E-state index in [4.69, 9.17) is 0 Å². The van der Waals surface area contributed by atoms with Gasteiger partial charge in [-0.1, -0.05) is 37.3 Å². The molecule has 0 saturated carbocycles. The average Bonchev–Trinajstić information content (AvgIpc) is 2.86. The van der Waals surface area contributed by atoms with Gasteiger partial charge in [-0.2, -0.15) is 5.10 Å². The second kappa shape index (κ2) is 5.59. The predicted octanol–water partition coefficient (Wildman–Crippen LogP) is 2.36. The largest absolute Gasteiger partial charge is 0.307 e. The molecule has 1 heterocycles. The molecule has 1 atom stereocenters. The highest BCUT2D eigenvalue weighted by atomic mass is 15.2. The highest BCUT2D eigenvalue weighted by Gasteiger charge is 2.05. The molecule has 4 nitrogen and oxygen atoms in total. The van der Waals surface area contributed by atoms with Crippen LogP contribution in [0.5, 0.6) is 0 Å². The molecule has 0 radical (unpaired) electrons. The molecule has 4 heteroatoms. The number of aromatic nitrogens is 3. The Morgan fingerprint density at radius 1 is 1.29 bits per heavy atom. The molecule has 17 heavy (non-hydrogen) atoms. The zero-order valence-corrected chi connectivity index (χ0v) is 10.3. The Morgan fingerprint density at radius 2 is 2.06 bits per heavy atom. The van der Waals surface area contributed by atoms with Crippen LogP contribution < -0.4 is 5.32 Å². The topological polar surface area (TPSA) is 53.6 Å². The van der Waals surface area contributed by atoms with E-state index in [0.717, 1.165) is 30.2 Å². The summed E-state index contributed by atoms with van der Waals surface area (Å²) in [5, 5.41) is 10.6. The molecule has 0 amide bonds. The van der Waals surface area contributed by atoms with Gasteiger partial charge in [0.05, 0.1) is 6.54 Å². The van der Waals surface area contributed by atoms with Gasteiger partial charge in [0.2, 0.25) is 0 Å². The van der Waals surface area contributed by atoms with Crippen molar-refractivity contribution in [2.24, 2.45) is 0 Å². The molecule has 0 aliphatic rings. The summed E-state index contributed by atoms with van der Waals surface area (Å²) in [5.41, 5.74) is 1.04. The van der Waals surface area contributed by atoms with Gasteiger partial charge in [-0.15, -0.1) is 0 Å². The molecule has 2 rings (SSSR count). The Bertz CT molecular complexity index is 449. The van der Waals surface area contributed by atoms with Crippen LogP contribution in [0.4, 0.5) is 0 Å². The molecule has 0 spiro atoms. The van der Waals surface area contributed by atoms with Gasteiger partial charge >= 0.3 is 0 Å². The summed E-state index contributed by atoms with van der Waals surface area (Å²) in [6.07, 6.45) is 1.11. The SMILES string of the molecule is CCC(C)NCc1nc(-c2ccccc2)n[nH]1. The second-order valence-corrected chi connectivity index (χ2v) is 4.16. The molecule has 0 aliphatic carbocycles. The first-order chi connectivity index (χ1) is 8.29. The number of hydrogen-bond donors (Lipinski definition) is 2. The lowest BCUT2D eigenvalue weighted by molar-refractivity contribution is 0.524. The second-order valence-electron chi connectivity index (χ2n) is 4.16. The van der Waals surface area contributed by atoms with Crippen LogP contribution in [0.2, 0.25) is 0 Å². The van der Waals surface area contributed by atoms with Gasteiger partial charge in [0.15, 0.2) is 5.82 Å². The third-order valence-corrected chi connectivity index (χ3v) is 2.79. The Kier molecular flexibility index (Phi) is 3.88. The van der Waals surface area contributed by atoms with E-state index < -0.39 is 0 Å². The molecular weight excluding hydrogens is 212 g/mol. The lowest BCUT2D eigenvalue weighted by atomic mass is 10.2. The van der Waals surface area contributed by atoms with Crippen molar-refractivity contribution >= 4 is 0 Å². The van der Waals surface area contributed by atoms with Crippen molar-refractivity contribution < 1.29 is 0 Å². The fraction of sp³-hybridized carbons (Fsp3) is 0.385. The van der Waals surface area contributed by atoms with Crippen LogP contribution in [-0.4, -0.2) is 21.2 Å². The van der Waals surface area contributed by atoms with Crippen molar-refractivity contribution in [2.45, 2.75) is 32.9 Å². The van der Waals surface area contributed by atoms with Crippen molar-refractivity contribution in [1.82, 2.24) is 20.5 Å². The van der Waals surface area contributed by atoms with Gasteiger partial charge < -0.3 is 5.32 Å². The molecule has 0 fully saturated rings. The molecule has 2 aromatic rings. The number of H-pyrrole nitrogens is 1. The summed E-state index contributed by atoms with van der Waals surface area (Å²) in [5.74, 6) is 1.63. The van der Waals surface area contributed by atoms with Gasteiger partial charge in [-0.25, -0.2) is 4.98 Å². The van der Waals surface area contributed by atoms with Crippen LogP contribution >= 0.6 is 0 Å². The fourth-order valence-corrected chi connectivity index (χ4v) is 1.51. The molecular formula is C13H18N4. The molecule has 0 saturated heterocycles. The predicted molar refractivity (Wildman–Crippen MR) is 68.4 cm³/mol. The number of aromatic amines is 1. The molecule has 0 aliphatic heterocycles. The maximum atomic E-state index is 4.46. The summed E-state index contributed by atoms with van der Waals surface area (Å²) in [4.78, 5) is 4.46. The van der Waals surface area contributed by atoms with Gasteiger partial charge in [0.25, 0.3) is 0 Å². The Hall–Kier alpha value is -1.68. The van der Waals surface area contributed by atoms with E-state index >= 15 is 0 Å². The number of nitrogens with zero attached hydrogens (tertiary/aromatic N) is 2. The monoisotopic (exact) mass is 230 g/mol. The number of benzene rings is 1. The zero-order chi connectivity index (χ0) is 12.1. The maximum Gasteiger partial charge on any atom is 0.181 e. The first kappa shape index (κ1) is 11.8. The van der Waals surface area contributed by atoms with E-state index in [9.17, 15) is 0 Å². The van der Waals surface area contributed by atoms with Crippen LogP contribution in [0.3, 0.4) is 0 Å². The first-order valence-corrected chi connectivity index (χ1v) is 5.99. The molecule has 1 unspecified atom stereocenters. The van der Waals surface area contributed by atoms with Gasteiger partial charge in [-0.3, -0.25) is 5.10 Å². The lowest BCUT2D eigenvalue weighted by Crippen LogP contribution is -2.24. The highest BCUT2D eigenvalue weighted by molar-refractivity contribution is 5.53. The summed E-state index contributed by atoms with van der Waals surface area (Å²) in [6, 6.07) is 10.5. The molecule has 1 aromatic heterocycles. The van der Waals surface area contributed by atoms with E-state index in [1.165, 1.54) is 0 Å². The average molecular weight is 230 g/mol. The van der Waals surface area contributed by atoms with Crippen molar-refractivity contribution in [3.8, 4) is 11.4 Å². The van der Waals surface area contributed by atoms with Gasteiger partial charge in [0, 0.05) is 11.6 Å². The van der Waals surface area contributed by atoms with E-state index in [2.05, 4.69) is 34.3 Å². The van der Waals surface area contributed by atoms with Crippen molar-refractivity contribution in [3.05, 3.63) is 36.2 Å². The van der Waals surface area contributed by atoms with Crippen molar-refractivity contribution in [2.75, 3.05) is 0 Å². The van der Waals surface area contributed by atoms with E-state index in [1.807, 2.05) is 30.3 Å². The zero-order valence-electron chi connectivity index (χ0n) is 10.3. The van der Waals surface area contributed by atoms with Crippen LogP contribution in [0.25, 0.3) is 11.4 Å². The third kappa shape index (κ3) is 3.14. The minimum atomic E-state index is 0.500. The minimum Gasteiger partial charge on any atom is -0.307 e. The summed E-state index contributed by atoms with van der Waals surface area (Å²) in [7, 11) is 0. The summed E-state index contributed by atoms with van der Waals surface area (Å²) < 4.78 is 0. The lowest BCUT2D eigenvalue weighted by Gasteiger charge is -2.08. The van der Waals surface area contributed by atoms with Crippen molar-refractivity contribution in [3.63, 3.8) is 0 Å². The van der Waals surface area contributed by atoms with Crippen LogP contribution in [0.15, 0.2) is 30.3 Å². The fourth-order valence-electron chi connectivity index (χ4n) is 1.51. The quantitative estimate of drug-likeness (QED) is 0.829. The summed E-state index contributed by atoms with van der Waals surface area (Å²) >= 11 is 0. The van der Waals surface area contributed by atoms with E-state index in [-0.39, 0.29) is 0 Å². The van der Waals surface area contributed by atoms with E-state index in [1.54, 1.807) is 0 Å². The molecule has 2 N–H and O–H groups in total. The Balaban J connectivity index is 2.01. The van der Waals surface area contributed by atoms with Crippen LogP contribution in [-0.2, 0) is 6.54 Å². The minimum absolute atomic E-state index is 0.500. The van der Waals surface area contributed by atoms with Crippen LogP contribution in [0, 0.1) is 0 Å². The van der Waals surface area contributed by atoms with Gasteiger partial charge in [0.1, 0.15) is 5.82 Å². The van der Waals surface area contributed by atoms with Gasteiger partial charge in [-0.05, 0) is 13.3 Å². The van der Waals surface area contributed by atoms with Crippen molar-refractivity contribution in [1.29, 1.82) is 0 Å².